The van der Waals surface area contributed by atoms with E-state index in [0.717, 1.165) is 6.42 Å². The first-order valence-corrected chi connectivity index (χ1v) is 11.0. The number of ether oxygens (including phenoxy) is 1. The summed E-state index contributed by atoms with van der Waals surface area (Å²) in [5, 5.41) is 3.80. The van der Waals surface area contributed by atoms with E-state index in [4.69, 9.17) is 4.74 Å². The topological polar surface area (TPSA) is 90.3 Å². The molecule has 7 nitrogen and oxygen atoms in total. The molecule has 0 aliphatic carbocycles. The summed E-state index contributed by atoms with van der Waals surface area (Å²) < 4.78 is 6.40. The van der Waals surface area contributed by atoms with Crippen LogP contribution >= 0.6 is 11.8 Å². The van der Waals surface area contributed by atoms with Crippen LogP contribution in [0.2, 0.25) is 0 Å². The minimum absolute atomic E-state index is 0.0436. The van der Waals surface area contributed by atoms with Crippen LogP contribution in [0.4, 0.5) is 5.69 Å². The van der Waals surface area contributed by atoms with E-state index in [1.54, 1.807) is 41.0 Å². The summed E-state index contributed by atoms with van der Waals surface area (Å²) in [5.74, 6) is -0.363. The standard InChI is InChI=1S/C23H25N3O4S/c1-15(2)12-13-26-21(28)16-8-4-6-10-18(16)25-23(26)31-14-20(27)24-19-11-7-5-9-17(19)22(29)30-3/h4-11,15H,12-14H2,1-3H3,(H,24,27). The lowest BCUT2D eigenvalue weighted by Gasteiger charge is -2.14. The van der Waals surface area contributed by atoms with Gasteiger partial charge >= 0.3 is 5.97 Å². The van der Waals surface area contributed by atoms with Crippen molar-refractivity contribution < 1.29 is 14.3 Å². The van der Waals surface area contributed by atoms with Crippen LogP contribution < -0.4 is 10.9 Å². The molecule has 0 radical (unpaired) electrons. The van der Waals surface area contributed by atoms with Crippen molar-refractivity contribution >= 4 is 40.2 Å². The number of carbonyl (C=O) groups excluding carboxylic acids is 2. The predicted octanol–water partition coefficient (Wildman–Crippen LogP) is 3.96. The number of benzene rings is 2. The Balaban J connectivity index is 1.82. The molecular formula is C23H25N3O4S. The van der Waals surface area contributed by atoms with Gasteiger partial charge in [0.1, 0.15) is 0 Å². The maximum absolute atomic E-state index is 13.0. The smallest absolute Gasteiger partial charge is 0.339 e. The summed E-state index contributed by atoms with van der Waals surface area (Å²) in [7, 11) is 1.29. The number of hydrogen-bond acceptors (Lipinski definition) is 6. The van der Waals surface area contributed by atoms with Gasteiger partial charge in [-0.05, 0) is 36.6 Å². The van der Waals surface area contributed by atoms with Crippen molar-refractivity contribution in [3.63, 3.8) is 0 Å². The molecule has 0 unspecified atom stereocenters. The molecule has 0 aliphatic heterocycles. The Labute approximate surface area is 184 Å². The van der Waals surface area contributed by atoms with Gasteiger partial charge in [0.25, 0.3) is 5.56 Å². The number of nitrogens with one attached hydrogen (secondary N) is 1. The lowest BCUT2D eigenvalue weighted by Crippen LogP contribution is -2.25. The molecule has 0 spiro atoms. The monoisotopic (exact) mass is 439 g/mol. The van der Waals surface area contributed by atoms with Gasteiger partial charge in [-0.2, -0.15) is 0 Å². The zero-order valence-electron chi connectivity index (χ0n) is 17.8. The SMILES string of the molecule is COC(=O)c1ccccc1NC(=O)CSc1nc2ccccc2c(=O)n1CCC(C)C. The molecule has 162 valence electrons. The molecule has 1 amide bonds. The Kier molecular flexibility index (Phi) is 7.46. The van der Waals surface area contributed by atoms with Crippen molar-refractivity contribution in [1.29, 1.82) is 0 Å². The van der Waals surface area contributed by atoms with Crippen LogP contribution in [-0.2, 0) is 16.1 Å². The maximum Gasteiger partial charge on any atom is 0.339 e. The van der Waals surface area contributed by atoms with Crippen LogP contribution in [0, 0.1) is 5.92 Å². The summed E-state index contributed by atoms with van der Waals surface area (Å²) in [6.07, 6.45) is 0.826. The number of hydrogen-bond donors (Lipinski definition) is 1. The third-order valence-corrected chi connectivity index (χ3v) is 5.67. The second-order valence-corrected chi connectivity index (χ2v) is 8.37. The van der Waals surface area contributed by atoms with Crippen molar-refractivity contribution in [1.82, 2.24) is 9.55 Å². The fraction of sp³-hybridized carbons (Fsp3) is 0.304. The fourth-order valence-corrected chi connectivity index (χ4v) is 3.86. The average Bonchev–Trinajstić information content (AvgIpc) is 2.77. The molecule has 0 aliphatic rings. The first kappa shape index (κ1) is 22.6. The van der Waals surface area contributed by atoms with Gasteiger partial charge < -0.3 is 10.1 Å². The summed E-state index contributed by atoms with van der Waals surface area (Å²) in [6.45, 7) is 4.72. The number of amides is 1. The van der Waals surface area contributed by atoms with Gasteiger partial charge in [0.05, 0.1) is 35.0 Å². The molecule has 1 aromatic heterocycles. The van der Waals surface area contributed by atoms with Gasteiger partial charge in [0, 0.05) is 6.54 Å². The highest BCUT2D eigenvalue weighted by atomic mass is 32.2. The van der Waals surface area contributed by atoms with Crippen molar-refractivity contribution in [2.24, 2.45) is 5.92 Å². The Hall–Kier alpha value is -3.13. The summed E-state index contributed by atoms with van der Waals surface area (Å²) in [5.41, 5.74) is 1.15. The normalized spacial score (nSPS) is 11.0. The maximum atomic E-state index is 13.0. The molecule has 2 aromatic carbocycles. The lowest BCUT2D eigenvalue weighted by molar-refractivity contribution is -0.113. The third kappa shape index (κ3) is 5.52. The molecule has 31 heavy (non-hydrogen) atoms. The summed E-state index contributed by atoms with van der Waals surface area (Å²) in [6, 6.07) is 13.9. The lowest BCUT2D eigenvalue weighted by atomic mass is 10.1. The number of thioether (sulfide) groups is 1. The summed E-state index contributed by atoms with van der Waals surface area (Å²) >= 11 is 1.20. The molecule has 1 heterocycles. The number of nitrogens with zero attached hydrogens (tertiary/aromatic N) is 2. The van der Waals surface area contributed by atoms with Gasteiger partial charge in [0.15, 0.2) is 5.16 Å². The number of carbonyl (C=O) groups is 2. The van der Waals surface area contributed by atoms with E-state index in [1.807, 2.05) is 12.1 Å². The second kappa shape index (κ2) is 10.3. The molecular weight excluding hydrogens is 414 g/mol. The Morgan fingerprint density at radius 1 is 1.13 bits per heavy atom. The number of para-hydroxylation sites is 2. The quantitative estimate of drug-likeness (QED) is 0.325. The van der Waals surface area contributed by atoms with Gasteiger partial charge in [-0.3, -0.25) is 14.2 Å². The van der Waals surface area contributed by atoms with Crippen LogP contribution in [0.1, 0.15) is 30.6 Å². The van der Waals surface area contributed by atoms with E-state index in [9.17, 15) is 14.4 Å². The average molecular weight is 440 g/mol. The number of methoxy groups -OCH3 is 1. The van der Waals surface area contributed by atoms with E-state index >= 15 is 0 Å². The Morgan fingerprint density at radius 2 is 1.84 bits per heavy atom. The van der Waals surface area contributed by atoms with Crippen LogP contribution in [-0.4, -0.2) is 34.3 Å². The molecule has 3 rings (SSSR count). The van der Waals surface area contributed by atoms with Crippen LogP contribution in [0.3, 0.4) is 0 Å². The molecule has 0 bridgehead atoms. The fourth-order valence-electron chi connectivity index (χ4n) is 3.04. The van der Waals surface area contributed by atoms with E-state index in [1.165, 1.54) is 18.9 Å². The van der Waals surface area contributed by atoms with Crippen LogP contribution in [0.5, 0.6) is 0 Å². The minimum Gasteiger partial charge on any atom is -0.465 e. The number of fused-ring (bicyclic) bond motifs is 1. The molecule has 0 saturated carbocycles. The van der Waals surface area contributed by atoms with Crippen LogP contribution in [0.25, 0.3) is 10.9 Å². The number of anilines is 1. The number of aromatic nitrogens is 2. The second-order valence-electron chi connectivity index (χ2n) is 7.42. The highest BCUT2D eigenvalue weighted by Gasteiger charge is 2.16. The molecule has 8 heteroatoms. The zero-order valence-corrected chi connectivity index (χ0v) is 18.6. The Morgan fingerprint density at radius 3 is 2.58 bits per heavy atom. The van der Waals surface area contributed by atoms with E-state index in [0.29, 0.717) is 34.2 Å². The summed E-state index contributed by atoms with van der Waals surface area (Å²) in [4.78, 5) is 42.1. The van der Waals surface area contributed by atoms with E-state index < -0.39 is 5.97 Å². The molecule has 3 aromatic rings. The number of rotatable bonds is 8. The van der Waals surface area contributed by atoms with Crippen molar-refractivity contribution in [3.05, 3.63) is 64.4 Å². The van der Waals surface area contributed by atoms with Crippen molar-refractivity contribution in [2.75, 3.05) is 18.2 Å². The highest BCUT2D eigenvalue weighted by Crippen LogP contribution is 2.21. The molecule has 0 atom stereocenters. The van der Waals surface area contributed by atoms with Crippen molar-refractivity contribution in [2.45, 2.75) is 32.0 Å². The zero-order chi connectivity index (χ0) is 22.4. The van der Waals surface area contributed by atoms with Crippen molar-refractivity contribution in [3.8, 4) is 0 Å². The van der Waals surface area contributed by atoms with Gasteiger partial charge in [-0.15, -0.1) is 0 Å². The van der Waals surface area contributed by atoms with Crippen LogP contribution in [0.15, 0.2) is 58.5 Å². The van der Waals surface area contributed by atoms with E-state index in [2.05, 4.69) is 24.1 Å². The first-order chi connectivity index (χ1) is 14.9. The predicted molar refractivity (Wildman–Crippen MR) is 123 cm³/mol. The van der Waals surface area contributed by atoms with Gasteiger partial charge in [-0.25, -0.2) is 9.78 Å². The largest absolute Gasteiger partial charge is 0.465 e. The minimum atomic E-state index is -0.526. The van der Waals surface area contributed by atoms with E-state index in [-0.39, 0.29) is 22.8 Å². The highest BCUT2D eigenvalue weighted by molar-refractivity contribution is 7.99. The molecule has 0 saturated heterocycles. The Bertz CT molecular complexity index is 1160. The first-order valence-electron chi connectivity index (χ1n) is 10.00. The van der Waals surface area contributed by atoms with Gasteiger partial charge in [-0.1, -0.05) is 49.9 Å². The number of esters is 1. The molecule has 0 fully saturated rings. The third-order valence-electron chi connectivity index (χ3n) is 4.70. The molecule has 1 N–H and O–H groups in total. The van der Waals surface area contributed by atoms with Gasteiger partial charge in [0.2, 0.25) is 5.91 Å².